The molecular weight excluding hydrogens is 508 g/mol. The number of nitrogens with zero attached hydrogens (tertiary/aromatic N) is 5. The van der Waals surface area contributed by atoms with Crippen LogP contribution in [-0.4, -0.2) is 60.1 Å². The molecule has 0 saturated carbocycles. The van der Waals surface area contributed by atoms with Gasteiger partial charge in [-0.3, -0.25) is 14.7 Å². The monoisotopic (exact) mass is 552 g/mol. The van der Waals surface area contributed by atoms with Gasteiger partial charge in [-0.1, -0.05) is 43.7 Å². The third-order valence-corrected chi connectivity index (χ3v) is 6.99. The number of benzene rings is 1. The number of nitriles is 1. The van der Waals surface area contributed by atoms with Gasteiger partial charge in [0.2, 0.25) is 0 Å². The number of hydrogen-bond acceptors (Lipinski definition) is 6. The summed E-state index contributed by atoms with van der Waals surface area (Å²) in [6.45, 7) is 14.1. The minimum atomic E-state index is 0.0212. The molecule has 0 fully saturated rings. The Balaban J connectivity index is 0.00000287. The van der Waals surface area contributed by atoms with Crippen molar-refractivity contribution in [1.29, 1.82) is 5.26 Å². The van der Waals surface area contributed by atoms with Crippen LogP contribution in [0.25, 0.3) is 11.1 Å². The molecule has 0 bridgehead atoms. The first-order chi connectivity index (χ1) is 19.6. The molecular formula is C34H44N6O. The van der Waals surface area contributed by atoms with Crippen molar-refractivity contribution < 1.29 is 4.79 Å². The maximum atomic E-state index is 12.1. The number of hydrogen-bond donors (Lipinski definition) is 1. The largest absolute Gasteiger partial charge is 0.384 e. The maximum Gasteiger partial charge on any atom is 0.253 e. The fourth-order valence-electron chi connectivity index (χ4n) is 4.34. The lowest BCUT2D eigenvalue weighted by Gasteiger charge is -2.32. The second kappa shape index (κ2) is 16.1. The van der Waals surface area contributed by atoms with Crippen LogP contribution in [0.4, 0.5) is 5.82 Å². The Morgan fingerprint density at radius 2 is 1.78 bits per heavy atom. The Bertz CT molecular complexity index is 1390. The number of allylic oxidation sites excluding steroid dienone is 5. The molecule has 0 radical (unpaired) electrons. The third kappa shape index (κ3) is 9.40. The number of aliphatic imine (C=N–C) groups is 1. The molecule has 1 aromatic heterocycles. The van der Waals surface area contributed by atoms with E-state index in [0.29, 0.717) is 23.1 Å². The molecule has 3 rings (SSSR count). The highest BCUT2D eigenvalue weighted by Crippen LogP contribution is 2.25. The van der Waals surface area contributed by atoms with Crippen LogP contribution in [0.2, 0.25) is 0 Å². The zero-order chi connectivity index (χ0) is 30.5. The fraction of sp³-hybridized carbons (Fsp3) is 0.353. The van der Waals surface area contributed by atoms with E-state index in [2.05, 4.69) is 46.9 Å². The second-order valence-electron chi connectivity index (χ2n) is 10.0. The molecule has 1 unspecified atom stereocenters. The predicted octanol–water partition coefficient (Wildman–Crippen LogP) is 6.77. The van der Waals surface area contributed by atoms with Gasteiger partial charge in [0.15, 0.2) is 0 Å². The number of pyridine rings is 1. The van der Waals surface area contributed by atoms with Crippen molar-refractivity contribution in [2.24, 2.45) is 4.99 Å². The van der Waals surface area contributed by atoms with Crippen molar-refractivity contribution in [3.05, 3.63) is 94.4 Å². The Hall–Kier alpha value is -4.28. The number of nitrogens with two attached hydrogens (primary N) is 1. The van der Waals surface area contributed by atoms with Crippen LogP contribution in [0.5, 0.6) is 0 Å². The van der Waals surface area contributed by atoms with Crippen LogP contribution in [0.1, 0.15) is 75.1 Å². The molecule has 1 amide bonds. The molecule has 0 spiro atoms. The normalized spacial score (nSPS) is 15.5. The van der Waals surface area contributed by atoms with Crippen LogP contribution in [0, 0.1) is 11.3 Å². The van der Waals surface area contributed by atoms with Gasteiger partial charge in [0.1, 0.15) is 17.6 Å². The molecule has 1 atom stereocenters. The molecule has 216 valence electrons. The summed E-state index contributed by atoms with van der Waals surface area (Å²) in [6, 6.07) is 13.8. The average Bonchev–Trinajstić information content (AvgIpc) is 3.00. The molecule has 2 N–H and O–H groups in total. The highest BCUT2D eigenvalue weighted by molar-refractivity contribution is 5.94. The lowest BCUT2D eigenvalue weighted by molar-refractivity contribution is 0.0827. The van der Waals surface area contributed by atoms with Crippen LogP contribution in [-0.2, 0) is 0 Å². The van der Waals surface area contributed by atoms with E-state index < -0.39 is 0 Å². The quantitative estimate of drug-likeness (QED) is 0.288. The number of nitrogen functional groups attached to an aromatic ring is 1. The van der Waals surface area contributed by atoms with Crippen molar-refractivity contribution in [2.75, 3.05) is 32.9 Å². The van der Waals surface area contributed by atoms with Gasteiger partial charge >= 0.3 is 0 Å². The fourth-order valence-corrected chi connectivity index (χ4v) is 4.34. The standard InChI is InChI=1S/C32H38N6O.C2H6/c1-22(7-8-24(3)35-18-15-23(2)29-13-14-31(34)36-30(29)21-33)25(4)38-19-16-27(17-20-38)26-9-11-28(12-10-26)32(39)37(5)6;1-2/h7-16,18,25H,17,19-20H2,1-6H3,(H2,34,36);1-2H3/b22-7+,23-15+,24-8+,35-18+;. The van der Waals surface area contributed by atoms with Gasteiger partial charge in [0.25, 0.3) is 5.91 Å². The molecule has 0 aliphatic carbocycles. The van der Waals surface area contributed by atoms with Gasteiger partial charge in [-0.2, -0.15) is 5.26 Å². The van der Waals surface area contributed by atoms with Gasteiger partial charge in [-0.25, -0.2) is 4.98 Å². The third-order valence-electron chi connectivity index (χ3n) is 6.99. The molecule has 0 saturated heterocycles. The zero-order valence-corrected chi connectivity index (χ0v) is 25.8. The summed E-state index contributed by atoms with van der Waals surface area (Å²) < 4.78 is 0. The van der Waals surface area contributed by atoms with Crippen LogP contribution in [0.3, 0.4) is 0 Å². The molecule has 1 aromatic carbocycles. The van der Waals surface area contributed by atoms with Crippen molar-refractivity contribution in [2.45, 2.75) is 54.0 Å². The lowest BCUT2D eigenvalue weighted by atomic mass is 9.96. The van der Waals surface area contributed by atoms with Gasteiger partial charge in [-0.05, 0) is 87.2 Å². The number of aromatic nitrogens is 1. The van der Waals surface area contributed by atoms with Crippen molar-refractivity contribution >= 4 is 29.1 Å². The van der Waals surface area contributed by atoms with E-state index in [9.17, 15) is 10.1 Å². The first-order valence-corrected chi connectivity index (χ1v) is 14.1. The van der Waals surface area contributed by atoms with Gasteiger partial charge in [0.05, 0.1) is 0 Å². The van der Waals surface area contributed by atoms with Crippen molar-refractivity contribution in [3.63, 3.8) is 0 Å². The number of amides is 1. The summed E-state index contributed by atoms with van der Waals surface area (Å²) in [5.41, 5.74) is 13.0. The Morgan fingerprint density at radius 3 is 2.37 bits per heavy atom. The van der Waals surface area contributed by atoms with Crippen LogP contribution < -0.4 is 5.73 Å². The molecule has 1 aliphatic heterocycles. The molecule has 1 aliphatic rings. The Morgan fingerprint density at radius 1 is 1.10 bits per heavy atom. The molecule has 2 heterocycles. The van der Waals surface area contributed by atoms with Gasteiger partial charge in [0, 0.05) is 56.3 Å². The van der Waals surface area contributed by atoms with E-state index in [4.69, 9.17) is 5.73 Å². The number of carbonyl (C=O) groups is 1. The summed E-state index contributed by atoms with van der Waals surface area (Å²) in [6.07, 6.45) is 11.0. The first-order valence-electron chi connectivity index (χ1n) is 14.1. The van der Waals surface area contributed by atoms with E-state index in [1.54, 1.807) is 37.3 Å². The van der Waals surface area contributed by atoms with E-state index in [-0.39, 0.29) is 5.91 Å². The minimum absolute atomic E-state index is 0.0212. The summed E-state index contributed by atoms with van der Waals surface area (Å²) in [5.74, 6) is 0.352. The van der Waals surface area contributed by atoms with E-state index >= 15 is 0 Å². The summed E-state index contributed by atoms with van der Waals surface area (Å²) in [5, 5.41) is 9.31. The molecule has 7 heteroatoms. The van der Waals surface area contributed by atoms with Gasteiger partial charge < -0.3 is 10.6 Å². The molecule has 7 nitrogen and oxygen atoms in total. The molecule has 41 heavy (non-hydrogen) atoms. The average molecular weight is 553 g/mol. The highest BCUT2D eigenvalue weighted by Gasteiger charge is 2.19. The lowest BCUT2D eigenvalue weighted by Crippen LogP contribution is -2.37. The minimum Gasteiger partial charge on any atom is -0.384 e. The topological polar surface area (TPSA) is 98.6 Å². The Kier molecular flexibility index (Phi) is 12.9. The van der Waals surface area contributed by atoms with E-state index in [1.807, 2.05) is 64.1 Å². The summed E-state index contributed by atoms with van der Waals surface area (Å²) in [7, 11) is 3.54. The van der Waals surface area contributed by atoms with Crippen LogP contribution >= 0.6 is 0 Å². The maximum absolute atomic E-state index is 12.1. The van der Waals surface area contributed by atoms with Crippen molar-refractivity contribution in [1.82, 2.24) is 14.8 Å². The van der Waals surface area contributed by atoms with Gasteiger partial charge in [-0.15, -0.1) is 0 Å². The number of rotatable bonds is 8. The van der Waals surface area contributed by atoms with E-state index in [1.165, 1.54) is 16.7 Å². The van der Waals surface area contributed by atoms with Crippen LogP contribution in [0.15, 0.2) is 77.0 Å². The molecule has 2 aromatic rings. The summed E-state index contributed by atoms with van der Waals surface area (Å²) >= 11 is 0. The predicted molar refractivity (Wildman–Crippen MR) is 172 cm³/mol. The summed E-state index contributed by atoms with van der Waals surface area (Å²) in [4.78, 5) is 24.8. The SMILES string of the molecule is CC.CC(=C\C=C(/C)C(C)N1CC=C(c2ccc(C(=O)N(C)C)cc2)CC1)/N=C/C=C(\C)c1ccc(N)nc1C#N. The highest BCUT2D eigenvalue weighted by atomic mass is 16.2. The van der Waals surface area contributed by atoms with Crippen molar-refractivity contribution in [3.8, 4) is 6.07 Å². The Labute approximate surface area is 246 Å². The number of carbonyl (C=O) groups excluding carboxylic acids is 1. The van der Waals surface area contributed by atoms with E-state index in [0.717, 1.165) is 36.3 Å². The first kappa shape index (κ1) is 32.9. The smallest absolute Gasteiger partial charge is 0.253 e. The zero-order valence-electron chi connectivity index (χ0n) is 25.8. The number of anilines is 1. The second-order valence-corrected chi connectivity index (χ2v) is 10.0.